The van der Waals surface area contributed by atoms with Gasteiger partial charge in [-0.1, -0.05) is 0 Å². The zero-order valence-electron chi connectivity index (χ0n) is 12.9. The summed E-state index contributed by atoms with van der Waals surface area (Å²) in [6.07, 6.45) is 1.32. The average molecular weight is 382 g/mol. The Morgan fingerprint density at radius 2 is 0.895 bits per heavy atom. The third kappa shape index (κ3) is 8.49. The summed E-state index contributed by atoms with van der Waals surface area (Å²) in [7, 11) is 4.83. The molecule has 7 heteroatoms. The van der Waals surface area contributed by atoms with Crippen molar-refractivity contribution in [3.05, 3.63) is 0 Å². The number of hydrogen-bond donors (Lipinski definition) is 0. The molecule has 0 saturated carbocycles. The summed E-state index contributed by atoms with van der Waals surface area (Å²) in [5, 5.41) is 0. The van der Waals surface area contributed by atoms with Crippen molar-refractivity contribution < 1.29 is 22.8 Å². The molecular formula is C12H27InO6. The van der Waals surface area contributed by atoms with Gasteiger partial charge in [0.05, 0.1) is 0 Å². The van der Waals surface area contributed by atoms with E-state index in [1.165, 1.54) is 0 Å². The van der Waals surface area contributed by atoms with Crippen LogP contribution in [0.2, 0.25) is 0 Å². The van der Waals surface area contributed by atoms with Crippen molar-refractivity contribution in [2.75, 3.05) is 21.3 Å². The second-order valence-corrected chi connectivity index (χ2v) is 7.90. The van der Waals surface area contributed by atoms with Gasteiger partial charge in [0.1, 0.15) is 0 Å². The maximum absolute atomic E-state index is 5.80. The van der Waals surface area contributed by atoms with Gasteiger partial charge in [-0.2, -0.15) is 0 Å². The van der Waals surface area contributed by atoms with Crippen LogP contribution in [-0.4, -0.2) is 62.9 Å². The van der Waals surface area contributed by atoms with Gasteiger partial charge in [-0.25, -0.2) is 0 Å². The maximum atomic E-state index is 5.80. The zero-order valence-corrected chi connectivity index (χ0v) is 16.2. The molecule has 3 atom stereocenters. The van der Waals surface area contributed by atoms with Crippen LogP contribution < -0.4 is 0 Å². The molecular weight excluding hydrogens is 355 g/mol. The Morgan fingerprint density at radius 3 is 1.05 bits per heavy atom. The van der Waals surface area contributed by atoms with Gasteiger partial charge in [0.2, 0.25) is 0 Å². The third-order valence-corrected chi connectivity index (χ3v) is 7.08. The van der Waals surface area contributed by atoms with Gasteiger partial charge in [-0.05, 0) is 0 Å². The van der Waals surface area contributed by atoms with Crippen molar-refractivity contribution >= 4 is 22.7 Å². The summed E-state index contributed by atoms with van der Waals surface area (Å²) in [4.78, 5) is 0. The second-order valence-electron chi connectivity index (χ2n) is 3.92. The zero-order chi connectivity index (χ0) is 14.7. The van der Waals surface area contributed by atoms with E-state index in [4.69, 9.17) is 22.8 Å². The predicted octanol–water partition coefficient (Wildman–Crippen LogP) is 2.17. The Morgan fingerprint density at radius 1 is 0.632 bits per heavy atom. The first kappa shape index (κ1) is 19.6. The standard InChI is InChI=1S/3C4H9O2.In/c3*1-3-4(5)6-2;/h3*4H,3H2,1-2H3;/q3*-1;+3. The van der Waals surface area contributed by atoms with E-state index < -0.39 is 22.7 Å². The van der Waals surface area contributed by atoms with Crippen molar-refractivity contribution in [2.24, 2.45) is 0 Å². The normalized spacial score (nSPS) is 16.1. The molecule has 0 saturated heterocycles. The fourth-order valence-corrected chi connectivity index (χ4v) is 6.69. The van der Waals surface area contributed by atoms with Gasteiger partial charge < -0.3 is 0 Å². The minimum atomic E-state index is -3.16. The molecule has 0 spiro atoms. The predicted molar refractivity (Wildman–Crippen MR) is 72.3 cm³/mol. The summed E-state index contributed by atoms with van der Waals surface area (Å²) in [5.74, 6) is 0. The van der Waals surface area contributed by atoms with Crippen LogP contribution in [0.25, 0.3) is 0 Å². The molecule has 0 bridgehead atoms. The van der Waals surface area contributed by atoms with E-state index in [0.29, 0.717) is 0 Å². The molecule has 19 heavy (non-hydrogen) atoms. The quantitative estimate of drug-likeness (QED) is 0.483. The first-order chi connectivity index (χ1) is 9.14. The first-order valence-electron chi connectivity index (χ1n) is 6.69. The third-order valence-electron chi connectivity index (χ3n) is 2.58. The monoisotopic (exact) mass is 382 g/mol. The van der Waals surface area contributed by atoms with Crippen LogP contribution in [0.1, 0.15) is 40.0 Å². The molecule has 0 aliphatic rings. The Labute approximate surface area is 126 Å². The van der Waals surface area contributed by atoms with E-state index in [2.05, 4.69) is 0 Å². The summed E-state index contributed by atoms with van der Waals surface area (Å²) >= 11 is -3.16. The summed E-state index contributed by atoms with van der Waals surface area (Å²) in [6.45, 7) is 5.95. The second kappa shape index (κ2) is 12.4. The van der Waals surface area contributed by atoms with Gasteiger partial charge in [0.25, 0.3) is 0 Å². The molecule has 0 radical (unpaired) electrons. The molecule has 0 heterocycles. The molecule has 0 aromatic rings. The van der Waals surface area contributed by atoms with Crippen molar-refractivity contribution in [2.45, 2.75) is 58.9 Å². The van der Waals surface area contributed by atoms with E-state index in [1.54, 1.807) is 21.3 Å². The van der Waals surface area contributed by atoms with Crippen molar-refractivity contribution in [1.82, 2.24) is 0 Å². The minimum absolute atomic E-state index is 0.301. The van der Waals surface area contributed by atoms with E-state index in [-0.39, 0.29) is 18.9 Å². The van der Waals surface area contributed by atoms with E-state index in [1.807, 2.05) is 20.8 Å². The fraction of sp³-hybridized carbons (Fsp3) is 1.00. The summed E-state index contributed by atoms with van der Waals surface area (Å²) in [6, 6.07) is 0. The molecule has 6 nitrogen and oxygen atoms in total. The molecule has 0 amide bonds. The van der Waals surface area contributed by atoms with E-state index in [0.717, 1.165) is 19.3 Å². The molecule has 114 valence electrons. The molecule has 0 aliphatic heterocycles. The SMILES string of the molecule is CCC(OC)[O][In]([O]C(CC)OC)[O]C(CC)OC. The summed E-state index contributed by atoms with van der Waals surface area (Å²) in [5.41, 5.74) is 0. The number of ether oxygens (including phenoxy) is 3. The Bertz CT molecular complexity index is 161. The van der Waals surface area contributed by atoms with Gasteiger partial charge in [0, 0.05) is 0 Å². The fourth-order valence-electron chi connectivity index (χ4n) is 1.42. The van der Waals surface area contributed by atoms with Crippen LogP contribution >= 0.6 is 0 Å². The molecule has 0 N–H and O–H groups in total. The van der Waals surface area contributed by atoms with Crippen molar-refractivity contribution in [1.29, 1.82) is 0 Å². The molecule has 0 rings (SSSR count). The topological polar surface area (TPSA) is 55.4 Å². The Kier molecular flexibility index (Phi) is 12.8. The Hall–Kier alpha value is 0.630. The average Bonchev–Trinajstić information content (AvgIpc) is 2.46. The van der Waals surface area contributed by atoms with Gasteiger partial charge in [-0.3, -0.25) is 0 Å². The van der Waals surface area contributed by atoms with E-state index >= 15 is 0 Å². The number of hydrogen-bond acceptors (Lipinski definition) is 6. The molecule has 0 aromatic carbocycles. The van der Waals surface area contributed by atoms with Crippen LogP contribution in [0, 0.1) is 0 Å². The molecule has 0 fully saturated rings. The van der Waals surface area contributed by atoms with Gasteiger partial charge in [0.15, 0.2) is 0 Å². The Balaban J connectivity index is 4.51. The molecule has 0 aliphatic carbocycles. The van der Waals surface area contributed by atoms with Crippen LogP contribution in [0.4, 0.5) is 0 Å². The summed E-state index contributed by atoms with van der Waals surface area (Å²) < 4.78 is 33.1. The molecule has 3 unspecified atom stereocenters. The number of methoxy groups -OCH3 is 3. The van der Waals surface area contributed by atoms with Gasteiger partial charge >= 0.3 is 126 Å². The van der Waals surface area contributed by atoms with Crippen LogP contribution in [-0.2, 0) is 22.8 Å². The van der Waals surface area contributed by atoms with E-state index in [9.17, 15) is 0 Å². The van der Waals surface area contributed by atoms with Crippen molar-refractivity contribution in [3.8, 4) is 0 Å². The molecule has 0 aromatic heterocycles. The van der Waals surface area contributed by atoms with Gasteiger partial charge in [-0.15, -0.1) is 0 Å². The number of rotatable bonds is 12. The van der Waals surface area contributed by atoms with Crippen LogP contribution in [0.5, 0.6) is 0 Å². The first-order valence-corrected chi connectivity index (χ1v) is 10.7. The van der Waals surface area contributed by atoms with Crippen molar-refractivity contribution in [3.63, 3.8) is 0 Å². The van der Waals surface area contributed by atoms with Crippen LogP contribution in [0.3, 0.4) is 0 Å². The van der Waals surface area contributed by atoms with Crippen LogP contribution in [0.15, 0.2) is 0 Å².